The largest absolute Gasteiger partial charge is 0.350 e. The van der Waals surface area contributed by atoms with Gasteiger partial charge in [-0.25, -0.2) is 0 Å². The molecule has 0 spiro atoms. The molecule has 4 nitrogen and oxygen atoms in total. The van der Waals surface area contributed by atoms with E-state index in [-0.39, 0.29) is 32.8 Å². The molecule has 0 amide bonds. The Labute approximate surface area is 164 Å². The maximum atomic E-state index is 13.2. The number of carbonyl (C=O) groups excluding carboxylic acids is 2. The van der Waals surface area contributed by atoms with Gasteiger partial charge in [0.1, 0.15) is 9.75 Å². The first-order valence-electron chi connectivity index (χ1n) is 7.45. The van der Waals surface area contributed by atoms with E-state index in [0.717, 1.165) is 0 Å². The first-order chi connectivity index (χ1) is 11.7. The first kappa shape index (κ1) is 17.8. The number of halogens is 4. The van der Waals surface area contributed by atoms with Gasteiger partial charge < -0.3 is 9.47 Å². The van der Waals surface area contributed by atoms with Gasteiger partial charge in [0.05, 0.1) is 21.9 Å². The smallest absolute Gasteiger partial charge is 0.218 e. The van der Waals surface area contributed by atoms with Crippen LogP contribution in [-0.2, 0) is 9.47 Å². The molecule has 0 N–H and O–H groups in total. The Morgan fingerprint density at radius 1 is 0.840 bits per heavy atom. The van der Waals surface area contributed by atoms with Gasteiger partial charge in [0, 0.05) is 25.3 Å². The molecule has 25 heavy (non-hydrogen) atoms. The van der Waals surface area contributed by atoms with Gasteiger partial charge in [0.25, 0.3) is 0 Å². The Bertz CT molecular complexity index is 797. The lowest BCUT2D eigenvalue weighted by Crippen LogP contribution is -2.58. The highest BCUT2D eigenvalue weighted by Gasteiger charge is 2.87. The lowest BCUT2D eigenvalue weighted by atomic mass is 9.69. The number of rotatable bonds is 2. The molecule has 0 aromatic heterocycles. The molecular weight excluding hydrogens is 410 g/mol. The maximum absolute atomic E-state index is 13.2. The van der Waals surface area contributed by atoms with Gasteiger partial charge in [-0.05, 0) is 0 Å². The molecule has 3 aliphatic carbocycles. The number of methoxy groups -OCH3 is 2. The SMILES string of the molecule is COC1(OC)[C@@]2(Cl)C(Cl)=C(Cl)[C@]1(Cl)[C@@H]1C(=O)c3ccccc3C(=O)[C@@H]12. The van der Waals surface area contributed by atoms with Crippen molar-refractivity contribution in [2.75, 3.05) is 14.2 Å². The second-order valence-electron chi connectivity index (χ2n) is 6.31. The van der Waals surface area contributed by atoms with Crippen molar-refractivity contribution in [1.29, 1.82) is 0 Å². The molecular formula is C17H12Cl4O4. The van der Waals surface area contributed by atoms with E-state index in [2.05, 4.69) is 0 Å². The van der Waals surface area contributed by atoms with Crippen LogP contribution in [-0.4, -0.2) is 41.3 Å². The van der Waals surface area contributed by atoms with E-state index in [1.807, 2.05) is 0 Å². The van der Waals surface area contributed by atoms with E-state index in [1.165, 1.54) is 14.2 Å². The van der Waals surface area contributed by atoms with Gasteiger partial charge in [-0.2, -0.15) is 0 Å². The number of hydrogen-bond donors (Lipinski definition) is 0. The van der Waals surface area contributed by atoms with Crippen molar-refractivity contribution in [2.24, 2.45) is 11.8 Å². The number of ketones is 2. The second-order valence-corrected chi connectivity index (χ2v) is 8.25. The van der Waals surface area contributed by atoms with Crippen LogP contribution in [0, 0.1) is 11.8 Å². The molecule has 4 atom stereocenters. The molecule has 2 bridgehead atoms. The fraction of sp³-hybridized carbons (Fsp3) is 0.412. The second kappa shape index (κ2) is 5.22. The van der Waals surface area contributed by atoms with E-state index in [4.69, 9.17) is 55.9 Å². The molecule has 0 unspecified atom stereocenters. The molecule has 1 saturated carbocycles. The normalized spacial score (nSPS) is 38.2. The van der Waals surface area contributed by atoms with E-state index >= 15 is 0 Å². The molecule has 0 saturated heterocycles. The molecule has 1 aromatic carbocycles. The fourth-order valence-corrected chi connectivity index (χ4v) is 6.78. The van der Waals surface area contributed by atoms with Crippen LogP contribution in [0.5, 0.6) is 0 Å². The minimum Gasteiger partial charge on any atom is -0.350 e. The average Bonchev–Trinajstić information content (AvgIpc) is 2.88. The van der Waals surface area contributed by atoms with E-state index in [0.29, 0.717) is 0 Å². The zero-order valence-electron chi connectivity index (χ0n) is 13.1. The van der Waals surface area contributed by atoms with Crippen LogP contribution in [0.4, 0.5) is 0 Å². The summed E-state index contributed by atoms with van der Waals surface area (Å²) < 4.78 is 11.1. The third kappa shape index (κ3) is 1.57. The monoisotopic (exact) mass is 420 g/mol. The molecule has 0 radical (unpaired) electrons. The summed E-state index contributed by atoms with van der Waals surface area (Å²) in [5.74, 6) is -4.54. The van der Waals surface area contributed by atoms with Crippen LogP contribution in [0.15, 0.2) is 34.3 Å². The van der Waals surface area contributed by atoms with Crippen LogP contribution in [0.2, 0.25) is 0 Å². The van der Waals surface area contributed by atoms with E-state index in [9.17, 15) is 9.59 Å². The quantitative estimate of drug-likeness (QED) is 0.535. The molecule has 1 aromatic rings. The van der Waals surface area contributed by atoms with Gasteiger partial charge in [0.2, 0.25) is 5.79 Å². The Morgan fingerprint density at radius 2 is 1.20 bits per heavy atom. The zero-order chi connectivity index (χ0) is 18.4. The lowest BCUT2D eigenvalue weighted by Gasteiger charge is -2.40. The Hall–Kier alpha value is -0.620. The van der Waals surface area contributed by atoms with Gasteiger partial charge >= 0.3 is 0 Å². The molecule has 1 fully saturated rings. The van der Waals surface area contributed by atoms with Crippen molar-refractivity contribution in [3.63, 3.8) is 0 Å². The van der Waals surface area contributed by atoms with Crippen LogP contribution in [0.1, 0.15) is 20.7 Å². The Morgan fingerprint density at radius 3 is 1.52 bits per heavy atom. The summed E-state index contributed by atoms with van der Waals surface area (Å²) in [5.41, 5.74) is 0.562. The van der Waals surface area contributed by atoms with Gasteiger partial charge in [-0.3, -0.25) is 9.59 Å². The first-order valence-corrected chi connectivity index (χ1v) is 8.97. The summed E-state index contributed by atoms with van der Waals surface area (Å²) in [6.45, 7) is 0. The van der Waals surface area contributed by atoms with Crippen molar-refractivity contribution in [3.8, 4) is 0 Å². The molecule has 132 valence electrons. The molecule has 0 aliphatic heterocycles. The van der Waals surface area contributed by atoms with Gasteiger partial charge in [0.15, 0.2) is 11.6 Å². The van der Waals surface area contributed by atoms with Crippen molar-refractivity contribution >= 4 is 58.0 Å². The fourth-order valence-electron chi connectivity index (χ4n) is 4.60. The highest BCUT2D eigenvalue weighted by Crippen LogP contribution is 2.75. The summed E-state index contributed by atoms with van der Waals surface area (Å²) in [7, 11) is 2.66. The number of alkyl halides is 2. The number of Topliss-reactive ketones (excluding diaryl/α,β-unsaturated/α-hetero) is 2. The number of carbonyl (C=O) groups is 2. The minimum absolute atomic E-state index is 0.0312. The summed E-state index contributed by atoms with van der Waals surface area (Å²) in [6, 6.07) is 6.53. The molecule has 0 heterocycles. The lowest BCUT2D eigenvalue weighted by molar-refractivity contribution is -0.219. The number of ether oxygens (including phenoxy) is 2. The predicted molar refractivity (Wildman–Crippen MR) is 94.7 cm³/mol. The third-order valence-corrected chi connectivity index (χ3v) is 8.19. The molecule has 3 aliphatic rings. The van der Waals surface area contributed by atoms with Gasteiger partial charge in [-0.15, -0.1) is 23.2 Å². The minimum atomic E-state index is -1.76. The highest BCUT2D eigenvalue weighted by atomic mass is 35.5. The molecule has 8 heteroatoms. The Kier molecular flexibility index (Phi) is 3.71. The maximum Gasteiger partial charge on any atom is 0.218 e. The topological polar surface area (TPSA) is 52.6 Å². The summed E-state index contributed by atoms with van der Waals surface area (Å²) in [5, 5.41) is -0.0624. The summed E-state index contributed by atoms with van der Waals surface area (Å²) >= 11 is 26.5. The van der Waals surface area contributed by atoms with Crippen LogP contribution in [0.25, 0.3) is 0 Å². The van der Waals surface area contributed by atoms with Crippen LogP contribution < -0.4 is 0 Å². The molecule has 4 rings (SSSR count). The highest BCUT2D eigenvalue weighted by molar-refractivity contribution is 6.54. The van der Waals surface area contributed by atoms with Crippen molar-refractivity contribution in [3.05, 3.63) is 45.5 Å². The van der Waals surface area contributed by atoms with E-state index in [1.54, 1.807) is 24.3 Å². The summed E-state index contributed by atoms with van der Waals surface area (Å²) in [6.07, 6.45) is 0. The number of fused-ring (bicyclic) bond motifs is 6. The van der Waals surface area contributed by atoms with Crippen molar-refractivity contribution < 1.29 is 19.1 Å². The predicted octanol–water partition coefficient (Wildman–Crippen LogP) is 3.96. The zero-order valence-corrected chi connectivity index (χ0v) is 16.1. The number of benzene rings is 1. The van der Waals surface area contributed by atoms with Crippen LogP contribution >= 0.6 is 46.4 Å². The van der Waals surface area contributed by atoms with E-state index < -0.39 is 27.4 Å². The van der Waals surface area contributed by atoms with Gasteiger partial charge in [-0.1, -0.05) is 47.5 Å². The van der Waals surface area contributed by atoms with Crippen molar-refractivity contribution in [2.45, 2.75) is 15.5 Å². The van der Waals surface area contributed by atoms with Crippen molar-refractivity contribution in [1.82, 2.24) is 0 Å². The standard InChI is InChI=1S/C17H12Cl4O4/c1-24-17(25-2)15(20)9-10(16(17,21)14(19)13(15)18)12(23)8-6-4-3-5-7(8)11(9)22/h3-6,9-10H,1-2H3/t9-,10+,15+,16-. The summed E-state index contributed by atoms with van der Waals surface area (Å²) in [4.78, 5) is 23.0. The Balaban J connectivity index is 2.09. The average molecular weight is 422 g/mol. The third-order valence-electron chi connectivity index (χ3n) is 5.58. The van der Waals surface area contributed by atoms with Crippen LogP contribution in [0.3, 0.4) is 0 Å². The number of hydrogen-bond acceptors (Lipinski definition) is 4.